The van der Waals surface area contributed by atoms with Crippen molar-refractivity contribution in [2.24, 2.45) is 11.7 Å². The van der Waals surface area contributed by atoms with Crippen molar-refractivity contribution < 1.29 is 4.79 Å². The predicted octanol–water partition coefficient (Wildman–Crippen LogP) is 1.94. The first-order chi connectivity index (χ1) is 11.2. The molecule has 0 atom stereocenters. The lowest BCUT2D eigenvalue weighted by atomic mass is 9.89. The van der Waals surface area contributed by atoms with Gasteiger partial charge in [0.2, 0.25) is 5.91 Å². The topological polar surface area (TPSA) is 72.1 Å². The number of aromatic nitrogens is 2. The Labute approximate surface area is 135 Å². The minimum Gasteiger partial charge on any atom is -0.369 e. The number of piperidine rings is 1. The summed E-state index contributed by atoms with van der Waals surface area (Å²) in [7, 11) is 0. The molecule has 0 saturated carbocycles. The van der Waals surface area contributed by atoms with Gasteiger partial charge in [0, 0.05) is 24.6 Å². The van der Waals surface area contributed by atoms with E-state index in [-0.39, 0.29) is 11.8 Å². The number of amides is 1. The fourth-order valence-corrected chi connectivity index (χ4v) is 3.62. The number of nitrogens with zero attached hydrogens (tertiary/aromatic N) is 3. The van der Waals surface area contributed by atoms with Crippen molar-refractivity contribution >= 4 is 11.7 Å². The van der Waals surface area contributed by atoms with Gasteiger partial charge < -0.3 is 10.6 Å². The number of hydrogen-bond acceptors (Lipinski definition) is 4. The van der Waals surface area contributed by atoms with Gasteiger partial charge in [0.25, 0.3) is 0 Å². The number of fused-ring (bicyclic) bond motifs is 3. The second kappa shape index (κ2) is 5.65. The highest BCUT2D eigenvalue weighted by molar-refractivity contribution is 5.77. The summed E-state index contributed by atoms with van der Waals surface area (Å²) >= 11 is 0. The van der Waals surface area contributed by atoms with Gasteiger partial charge in [0.15, 0.2) is 5.82 Å². The Bertz CT molecular complexity index is 750. The monoisotopic (exact) mass is 308 g/mol. The number of carbonyl (C=O) groups excluding carboxylic acids is 1. The molecular weight excluding hydrogens is 288 g/mol. The average Bonchev–Trinajstić information content (AvgIpc) is 2.61. The van der Waals surface area contributed by atoms with E-state index in [2.05, 4.69) is 45.4 Å². The third-order valence-corrected chi connectivity index (χ3v) is 5.02. The molecule has 118 valence electrons. The fraction of sp³-hybridized carbons (Fsp3) is 0.389. The quantitative estimate of drug-likeness (QED) is 0.920. The number of benzene rings is 1. The van der Waals surface area contributed by atoms with Crippen LogP contribution in [0.25, 0.3) is 11.3 Å². The van der Waals surface area contributed by atoms with E-state index >= 15 is 0 Å². The van der Waals surface area contributed by atoms with Crippen LogP contribution in [0.5, 0.6) is 0 Å². The van der Waals surface area contributed by atoms with Gasteiger partial charge in [-0.2, -0.15) is 0 Å². The lowest BCUT2D eigenvalue weighted by Gasteiger charge is -2.31. The molecule has 2 aliphatic rings. The summed E-state index contributed by atoms with van der Waals surface area (Å²) in [5.41, 5.74) is 10.2. The zero-order chi connectivity index (χ0) is 15.8. The molecule has 23 heavy (non-hydrogen) atoms. The Balaban J connectivity index is 1.59. The van der Waals surface area contributed by atoms with Gasteiger partial charge in [-0.15, -0.1) is 10.2 Å². The van der Waals surface area contributed by atoms with Crippen LogP contribution in [0, 0.1) is 5.92 Å². The third kappa shape index (κ3) is 2.56. The normalized spacial score (nSPS) is 17.5. The minimum atomic E-state index is -0.183. The number of anilines is 1. The Morgan fingerprint density at radius 3 is 2.61 bits per heavy atom. The summed E-state index contributed by atoms with van der Waals surface area (Å²) in [5.74, 6) is 0.743. The molecule has 0 bridgehead atoms. The lowest BCUT2D eigenvalue weighted by molar-refractivity contribution is -0.122. The predicted molar refractivity (Wildman–Crippen MR) is 89.0 cm³/mol. The van der Waals surface area contributed by atoms with Crippen LogP contribution in [-0.4, -0.2) is 29.2 Å². The van der Waals surface area contributed by atoms with Crippen molar-refractivity contribution in [1.82, 2.24) is 10.2 Å². The minimum absolute atomic E-state index is 0.00344. The Kier molecular flexibility index (Phi) is 3.48. The van der Waals surface area contributed by atoms with Crippen LogP contribution in [0.15, 0.2) is 30.3 Å². The van der Waals surface area contributed by atoms with E-state index < -0.39 is 0 Å². The first-order valence-corrected chi connectivity index (χ1v) is 8.21. The van der Waals surface area contributed by atoms with Crippen LogP contribution >= 0.6 is 0 Å². The molecule has 2 aromatic rings. The van der Waals surface area contributed by atoms with E-state index in [1.807, 2.05) is 0 Å². The van der Waals surface area contributed by atoms with Gasteiger partial charge in [0.05, 0.1) is 5.69 Å². The molecule has 1 aromatic carbocycles. The van der Waals surface area contributed by atoms with Gasteiger partial charge in [-0.25, -0.2) is 0 Å². The van der Waals surface area contributed by atoms with E-state index in [1.54, 1.807) is 0 Å². The maximum Gasteiger partial charge on any atom is 0.220 e. The van der Waals surface area contributed by atoms with E-state index in [4.69, 9.17) is 5.73 Å². The molecule has 2 heterocycles. The van der Waals surface area contributed by atoms with Crippen molar-refractivity contribution in [1.29, 1.82) is 0 Å². The highest BCUT2D eigenvalue weighted by Gasteiger charge is 2.25. The molecule has 1 amide bonds. The van der Waals surface area contributed by atoms with E-state index in [9.17, 15) is 4.79 Å². The summed E-state index contributed by atoms with van der Waals surface area (Å²) in [6, 6.07) is 10.6. The number of nitrogens with two attached hydrogens (primary N) is 1. The van der Waals surface area contributed by atoms with Gasteiger partial charge >= 0.3 is 0 Å². The molecule has 0 unspecified atom stereocenters. The molecule has 5 nitrogen and oxygen atoms in total. The molecule has 2 N–H and O–H groups in total. The van der Waals surface area contributed by atoms with E-state index in [1.165, 1.54) is 16.7 Å². The first kappa shape index (κ1) is 14.2. The molecule has 1 fully saturated rings. The second-order valence-corrected chi connectivity index (χ2v) is 6.40. The van der Waals surface area contributed by atoms with Crippen LogP contribution in [0.3, 0.4) is 0 Å². The smallest absolute Gasteiger partial charge is 0.220 e. The maximum absolute atomic E-state index is 11.3. The maximum atomic E-state index is 11.3. The average molecular weight is 308 g/mol. The SMILES string of the molecule is NC(=O)C1CCN(c2cc3c(nn2)-c2ccccc2CC3)CC1. The number of rotatable bonds is 2. The van der Waals surface area contributed by atoms with Gasteiger partial charge in [0.1, 0.15) is 0 Å². The van der Waals surface area contributed by atoms with Crippen molar-refractivity contribution in [3.05, 3.63) is 41.5 Å². The van der Waals surface area contributed by atoms with E-state index in [0.717, 1.165) is 50.3 Å². The molecule has 1 aliphatic heterocycles. The van der Waals surface area contributed by atoms with Crippen LogP contribution in [0.2, 0.25) is 0 Å². The van der Waals surface area contributed by atoms with Crippen molar-refractivity contribution in [2.75, 3.05) is 18.0 Å². The molecular formula is C18H20N4O. The number of hydrogen-bond donors (Lipinski definition) is 1. The molecule has 1 aliphatic carbocycles. The number of aryl methyl sites for hydroxylation is 2. The standard InChI is InChI=1S/C18H20N4O/c19-18(23)13-7-9-22(10-8-13)16-11-14-6-5-12-3-1-2-4-15(12)17(14)21-20-16/h1-4,11,13H,5-10H2,(H2,19,23). The van der Waals surface area contributed by atoms with Crippen LogP contribution in [0.4, 0.5) is 5.82 Å². The number of primary amides is 1. The zero-order valence-electron chi connectivity index (χ0n) is 13.0. The second-order valence-electron chi connectivity index (χ2n) is 6.40. The molecule has 0 spiro atoms. The van der Waals surface area contributed by atoms with Gasteiger partial charge in [-0.1, -0.05) is 24.3 Å². The summed E-state index contributed by atoms with van der Waals surface area (Å²) in [6.07, 6.45) is 3.67. The van der Waals surface area contributed by atoms with Crippen molar-refractivity contribution in [3.63, 3.8) is 0 Å². The molecule has 1 saturated heterocycles. The summed E-state index contributed by atoms with van der Waals surface area (Å²) in [6.45, 7) is 1.63. The van der Waals surface area contributed by atoms with Crippen molar-refractivity contribution in [3.8, 4) is 11.3 Å². The molecule has 4 rings (SSSR count). The zero-order valence-corrected chi connectivity index (χ0v) is 13.0. The largest absolute Gasteiger partial charge is 0.369 e. The van der Waals surface area contributed by atoms with Crippen LogP contribution in [0.1, 0.15) is 24.0 Å². The van der Waals surface area contributed by atoms with Crippen LogP contribution in [-0.2, 0) is 17.6 Å². The highest BCUT2D eigenvalue weighted by atomic mass is 16.1. The number of carbonyl (C=O) groups is 1. The Morgan fingerprint density at radius 1 is 1.09 bits per heavy atom. The van der Waals surface area contributed by atoms with Gasteiger partial charge in [-0.3, -0.25) is 4.79 Å². The Morgan fingerprint density at radius 2 is 1.83 bits per heavy atom. The third-order valence-electron chi connectivity index (χ3n) is 5.02. The highest BCUT2D eigenvalue weighted by Crippen LogP contribution is 2.33. The molecule has 0 radical (unpaired) electrons. The van der Waals surface area contributed by atoms with Crippen molar-refractivity contribution in [2.45, 2.75) is 25.7 Å². The fourth-order valence-electron chi connectivity index (χ4n) is 3.62. The summed E-state index contributed by atoms with van der Waals surface area (Å²) < 4.78 is 0. The van der Waals surface area contributed by atoms with Gasteiger partial charge in [-0.05, 0) is 42.9 Å². The summed E-state index contributed by atoms with van der Waals surface area (Å²) in [5, 5.41) is 8.95. The van der Waals surface area contributed by atoms with E-state index in [0.29, 0.717) is 0 Å². The summed E-state index contributed by atoms with van der Waals surface area (Å²) in [4.78, 5) is 13.5. The Hall–Kier alpha value is -2.43. The lowest BCUT2D eigenvalue weighted by Crippen LogP contribution is -2.39. The molecule has 5 heteroatoms. The van der Waals surface area contributed by atoms with Crippen LogP contribution < -0.4 is 10.6 Å². The molecule has 1 aromatic heterocycles. The first-order valence-electron chi connectivity index (χ1n) is 8.21.